The highest BCUT2D eigenvalue weighted by molar-refractivity contribution is 5.82. The Labute approximate surface area is 144 Å². The molecule has 0 spiro atoms. The predicted molar refractivity (Wildman–Crippen MR) is 93.7 cm³/mol. The molecule has 0 aromatic heterocycles. The molecule has 0 radical (unpaired) electrons. The van der Waals surface area contributed by atoms with E-state index in [9.17, 15) is 4.79 Å². The summed E-state index contributed by atoms with van der Waals surface area (Å²) in [5, 5.41) is 0. The lowest BCUT2D eigenvalue weighted by molar-refractivity contribution is -0.138. The third-order valence-corrected chi connectivity index (χ3v) is 5.90. The third kappa shape index (κ3) is 3.22. The van der Waals surface area contributed by atoms with E-state index in [0.29, 0.717) is 11.9 Å². The molecule has 0 N–H and O–H groups in total. The summed E-state index contributed by atoms with van der Waals surface area (Å²) >= 11 is 0. The van der Waals surface area contributed by atoms with Crippen molar-refractivity contribution in [3.8, 4) is 0 Å². The first kappa shape index (κ1) is 16.1. The minimum absolute atomic E-state index is 0.0957. The number of aryl methyl sites for hydroxylation is 1. The second kappa shape index (κ2) is 7.24. The molecule has 4 nitrogen and oxygen atoms in total. The van der Waals surface area contributed by atoms with Gasteiger partial charge < -0.3 is 9.64 Å². The van der Waals surface area contributed by atoms with Gasteiger partial charge in [-0.2, -0.15) is 0 Å². The topological polar surface area (TPSA) is 32.8 Å². The highest BCUT2D eigenvalue weighted by Crippen LogP contribution is 2.28. The summed E-state index contributed by atoms with van der Waals surface area (Å²) in [6.45, 7) is 4.45. The Morgan fingerprint density at radius 2 is 1.79 bits per heavy atom. The van der Waals surface area contributed by atoms with Crippen LogP contribution in [-0.2, 0) is 22.5 Å². The van der Waals surface area contributed by atoms with Gasteiger partial charge >= 0.3 is 0 Å². The molecule has 0 aliphatic carbocycles. The molecule has 3 aliphatic rings. The molecule has 4 rings (SSSR count). The fraction of sp³-hybridized carbons (Fsp3) is 0.650. The summed E-state index contributed by atoms with van der Waals surface area (Å²) < 4.78 is 5.50. The molecule has 1 aromatic rings. The molecule has 3 heterocycles. The standard InChI is InChI=1S/C20H28N2O2/c23-20(19-8-4-12-22(19)18-9-13-24-14-10-18)21-11-3-7-16-5-1-2-6-17(16)15-21/h1-2,5-6,18-19H,3-4,7-15H2/t19-/m0/s1. The van der Waals surface area contributed by atoms with E-state index >= 15 is 0 Å². The van der Waals surface area contributed by atoms with E-state index in [1.807, 2.05) is 0 Å². The number of fused-ring (bicyclic) bond motifs is 1. The first-order chi connectivity index (χ1) is 11.8. The maximum absolute atomic E-state index is 13.3. The molecule has 2 saturated heterocycles. The number of benzene rings is 1. The highest BCUT2D eigenvalue weighted by atomic mass is 16.5. The molecule has 24 heavy (non-hydrogen) atoms. The second-order valence-corrected chi connectivity index (χ2v) is 7.37. The van der Waals surface area contributed by atoms with Crippen LogP contribution < -0.4 is 0 Å². The van der Waals surface area contributed by atoms with Crippen LogP contribution in [0.2, 0.25) is 0 Å². The summed E-state index contributed by atoms with van der Waals surface area (Å²) in [5.41, 5.74) is 2.75. The highest BCUT2D eigenvalue weighted by Gasteiger charge is 2.38. The van der Waals surface area contributed by atoms with Gasteiger partial charge in [0, 0.05) is 32.3 Å². The fourth-order valence-corrected chi connectivity index (χ4v) is 4.61. The first-order valence-corrected chi connectivity index (χ1v) is 9.52. The zero-order valence-electron chi connectivity index (χ0n) is 14.5. The molecule has 1 atom stereocenters. The lowest BCUT2D eigenvalue weighted by atomic mass is 10.0. The van der Waals surface area contributed by atoms with Crippen LogP contribution in [-0.4, -0.2) is 54.1 Å². The van der Waals surface area contributed by atoms with Crippen LogP contribution >= 0.6 is 0 Å². The van der Waals surface area contributed by atoms with Crippen molar-refractivity contribution >= 4 is 5.91 Å². The fourth-order valence-electron chi connectivity index (χ4n) is 4.61. The van der Waals surface area contributed by atoms with Gasteiger partial charge in [0.05, 0.1) is 6.04 Å². The Kier molecular flexibility index (Phi) is 4.86. The maximum Gasteiger partial charge on any atom is 0.240 e. The van der Waals surface area contributed by atoms with Gasteiger partial charge in [0.25, 0.3) is 0 Å². The number of rotatable bonds is 2. The van der Waals surface area contributed by atoms with Crippen LogP contribution in [0.1, 0.15) is 43.2 Å². The Hall–Kier alpha value is -1.39. The SMILES string of the molecule is O=C([C@@H]1CCCN1C1CCOCC1)N1CCCc2ccccc2C1. The smallest absolute Gasteiger partial charge is 0.240 e. The van der Waals surface area contributed by atoms with E-state index < -0.39 is 0 Å². The quantitative estimate of drug-likeness (QED) is 0.837. The second-order valence-electron chi connectivity index (χ2n) is 7.37. The zero-order chi connectivity index (χ0) is 16.4. The van der Waals surface area contributed by atoms with Crippen molar-refractivity contribution in [2.75, 3.05) is 26.3 Å². The number of amides is 1. The lowest BCUT2D eigenvalue weighted by Gasteiger charge is -2.36. The minimum atomic E-state index is 0.0957. The van der Waals surface area contributed by atoms with Crippen molar-refractivity contribution < 1.29 is 9.53 Å². The number of ether oxygens (including phenoxy) is 1. The molecule has 2 fully saturated rings. The van der Waals surface area contributed by atoms with Gasteiger partial charge in [-0.3, -0.25) is 9.69 Å². The molecule has 0 unspecified atom stereocenters. The summed E-state index contributed by atoms with van der Waals surface area (Å²) in [5.74, 6) is 0.357. The van der Waals surface area contributed by atoms with Crippen LogP contribution in [0, 0.1) is 0 Å². The van der Waals surface area contributed by atoms with Crippen LogP contribution in [0.3, 0.4) is 0 Å². The summed E-state index contributed by atoms with van der Waals surface area (Å²) in [6.07, 6.45) is 6.49. The van der Waals surface area contributed by atoms with Gasteiger partial charge in [0.15, 0.2) is 0 Å². The average Bonchev–Trinajstić information content (AvgIpc) is 3.02. The molecule has 130 valence electrons. The Balaban J connectivity index is 1.48. The number of carbonyl (C=O) groups excluding carboxylic acids is 1. The normalized spacial score (nSPS) is 26.2. The van der Waals surface area contributed by atoms with Gasteiger partial charge in [-0.05, 0) is 56.2 Å². The summed E-state index contributed by atoms with van der Waals surface area (Å²) in [4.78, 5) is 17.9. The van der Waals surface area contributed by atoms with E-state index in [4.69, 9.17) is 4.74 Å². The van der Waals surface area contributed by atoms with Crippen LogP contribution in [0.25, 0.3) is 0 Å². The van der Waals surface area contributed by atoms with E-state index in [2.05, 4.69) is 34.1 Å². The Bertz CT molecular complexity index is 583. The third-order valence-electron chi connectivity index (χ3n) is 5.90. The number of carbonyl (C=O) groups is 1. The predicted octanol–water partition coefficient (Wildman–Crippen LogP) is 2.60. The van der Waals surface area contributed by atoms with Gasteiger partial charge in [-0.1, -0.05) is 24.3 Å². The molecule has 0 saturated carbocycles. The molecule has 1 amide bonds. The van der Waals surface area contributed by atoms with E-state index in [1.54, 1.807) is 0 Å². The summed E-state index contributed by atoms with van der Waals surface area (Å²) in [7, 11) is 0. The van der Waals surface area contributed by atoms with Crippen molar-refractivity contribution in [3.63, 3.8) is 0 Å². The van der Waals surface area contributed by atoms with Crippen LogP contribution in [0.4, 0.5) is 0 Å². The molecular formula is C20H28N2O2. The monoisotopic (exact) mass is 328 g/mol. The molecular weight excluding hydrogens is 300 g/mol. The average molecular weight is 328 g/mol. The number of hydrogen-bond acceptors (Lipinski definition) is 3. The number of hydrogen-bond donors (Lipinski definition) is 0. The Morgan fingerprint density at radius 3 is 2.62 bits per heavy atom. The maximum atomic E-state index is 13.3. The number of nitrogens with zero attached hydrogens (tertiary/aromatic N) is 2. The van der Waals surface area contributed by atoms with Gasteiger partial charge in [-0.25, -0.2) is 0 Å². The van der Waals surface area contributed by atoms with Crippen molar-refractivity contribution in [3.05, 3.63) is 35.4 Å². The molecule has 0 bridgehead atoms. The van der Waals surface area contributed by atoms with E-state index in [-0.39, 0.29) is 6.04 Å². The van der Waals surface area contributed by atoms with E-state index in [0.717, 1.165) is 71.4 Å². The summed E-state index contributed by atoms with van der Waals surface area (Å²) in [6, 6.07) is 9.24. The van der Waals surface area contributed by atoms with Crippen molar-refractivity contribution in [2.24, 2.45) is 0 Å². The van der Waals surface area contributed by atoms with Crippen molar-refractivity contribution in [2.45, 2.75) is 57.2 Å². The molecule has 1 aromatic carbocycles. The zero-order valence-corrected chi connectivity index (χ0v) is 14.5. The number of likely N-dealkylation sites (tertiary alicyclic amines) is 1. The van der Waals surface area contributed by atoms with Gasteiger partial charge in [-0.15, -0.1) is 0 Å². The Morgan fingerprint density at radius 1 is 1.00 bits per heavy atom. The molecule has 3 aliphatic heterocycles. The van der Waals surface area contributed by atoms with Gasteiger partial charge in [0.1, 0.15) is 0 Å². The first-order valence-electron chi connectivity index (χ1n) is 9.52. The van der Waals surface area contributed by atoms with Crippen LogP contribution in [0.15, 0.2) is 24.3 Å². The largest absolute Gasteiger partial charge is 0.381 e. The van der Waals surface area contributed by atoms with Crippen molar-refractivity contribution in [1.29, 1.82) is 0 Å². The van der Waals surface area contributed by atoms with Gasteiger partial charge in [0.2, 0.25) is 5.91 Å². The van der Waals surface area contributed by atoms with E-state index in [1.165, 1.54) is 11.1 Å². The van der Waals surface area contributed by atoms with Crippen molar-refractivity contribution in [1.82, 2.24) is 9.80 Å². The van der Waals surface area contributed by atoms with Crippen LogP contribution in [0.5, 0.6) is 0 Å². The minimum Gasteiger partial charge on any atom is -0.381 e. The molecule has 4 heteroatoms. The lowest BCUT2D eigenvalue weighted by Crippen LogP contribution is -2.50.